The lowest BCUT2D eigenvalue weighted by Gasteiger charge is -2.12. The fourth-order valence-electron chi connectivity index (χ4n) is 2.24. The first-order valence-corrected chi connectivity index (χ1v) is 7.10. The zero-order chi connectivity index (χ0) is 13.9. The van der Waals surface area contributed by atoms with Crippen molar-refractivity contribution in [2.24, 2.45) is 0 Å². The third-order valence-electron chi connectivity index (χ3n) is 3.64. The van der Waals surface area contributed by atoms with Gasteiger partial charge in [-0.15, -0.1) is 0 Å². The molecule has 1 saturated carbocycles. The number of hydrogen-bond acceptors (Lipinski definition) is 2. The molecular formula is C18H18O2. The Bertz CT molecular complexity index is 600. The van der Waals surface area contributed by atoms with Crippen LogP contribution in [0.3, 0.4) is 0 Å². The number of Topliss-reactive ketones (excluding diaryl/α,β-unsaturated/α-hetero) is 1. The molecule has 0 spiro atoms. The van der Waals surface area contributed by atoms with Crippen LogP contribution in [0.5, 0.6) is 5.75 Å². The summed E-state index contributed by atoms with van der Waals surface area (Å²) in [6, 6.07) is 17.4. The fourth-order valence-corrected chi connectivity index (χ4v) is 2.24. The van der Waals surface area contributed by atoms with Gasteiger partial charge in [0.05, 0.1) is 6.10 Å². The van der Waals surface area contributed by atoms with Crippen molar-refractivity contribution >= 4 is 5.78 Å². The highest BCUT2D eigenvalue weighted by atomic mass is 16.5. The first-order valence-electron chi connectivity index (χ1n) is 7.10. The molecular weight excluding hydrogens is 248 g/mol. The predicted octanol–water partition coefficient (Wildman–Crippen LogP) is 4.21. The van der Waals surface area contributed by atoms with Gasteiger partial charge in [-0.2, -0.15) is 0 Å². The van der Waals surface area contributed by atoms with Gasteiger partial charge in [0.15, 0.2) is 5.78 Å². The number of benzene rings is 2. The molecule has 0 aromatic heterocycles. The minimum atomic E-state index is -0.132. The average Bonchev–Trinajstić information content (AvgIpc) is 3.31. The Morgan fingerprint density at radius 2 is 1.85 bits per heavy atom. The van der Waals surface area contributed by atoms with Crippen molar-refractivity contribution < 1.29 is 9.53 Å². The Balaban J connectivity index is 1.79. The second-order valence-electron chi connectivity index (χ2n) is 5.34. The van der Waals surface area contributed by atoms with E-state index in [1.54, 1.807) is 0 Å². The quantitative estimate of drug-likeness (QED) is 0.758. The van der Waals surface area contributed by atoms with Gasteiger partial charge >= 0.3 is 0 Å². The van der Waals surface area contributed by atoms with Gasteiger partial charge in [0.1, 0.15) is 5.75 Å². The zero-order valence-electron chi connectivity index (χ0n) is 11.6. The molecule has 102 valence electrons. The summed E-state index contributed by atoms with van der Waals surface area (Å²) in [7, 11) is 0. The first kappa shape index (κ1) is 12.9. The van der Waals surface area contributed by atoms with Gasteiger partial charge in [-0.05, 0) is 30.5 Å². The summed E-state index contributed by atoms with van der Waals surface area (Å²) in [6.45, 7) is 1.95. The van der Waals surface area contributed by atoms with E-state index in [0.29, 0.717) is 6.10 Å². The summed E-state index contributed by atoms with van der Waals surface area (Å²) >= 11 is 0. The van der Waals surface area contributed by atoms with Gasteiger partial charge in [0.25, 0.3) is 0 Å². The standard InChI is InChI=1S/C18H18O2/c1-13(14-6-3-2-4-7-14)18(19)15-8-5-9-17(12-15)20-16-10-11-16/h2-9,12-13,16H,10-11H2,1H3. The van der Waals surface area contributed by atoms with E-state index in [1.807, 2.05) is 61.5 Å². The van der Waals surface area contributed by atoms with Gasteiger partial charge in [-0.3, -0.25) is 4.79 Å². The molecule has 0 N–H and O–H groups in total. The van der Waals surface area contributed by atoms with Crippen LogP contribution in [0.1, 0.15) is 41.6 Å². The Labute approximate surface area is 119 Å². The van der Waals surface area contributed by atoms with Gasteiger partial charge < -0.3 is 4.74 Å². The van der Waals surface area contributed by atoms with E-state index in [2.05, 4.69) is 0 Å². The van der Waals surface area contributed by atoms with E-state index < -0.39 is 0 Å². The van der Waals surface area contributed by atoms with Gasteiger partial charge in [-0.25, -0.2) is 0 Å². The minimum absolute atomic E-state index is 0.132. The fraction of sp³-hybridized carbons (Fsp3) is 0.278. The highest BCUT2D eigenvalue weighted by molar-refractivity contribution is 6.01. The van der Waals surface area contributed by atoms with Crippen molar-refractivity contribution in [1.29, 1.82) is 0 Å². The van der Waals surface area contributed by atoms with Crippen LogP contribution in [0.15, 0.2) is 54.6 Å². The topological polar surface area (TPSA) is 26.3 Å². The lowest BCUT2D eigenvalue weighted by atomic mass is 9.92. The van der Waals surface area contributed by atoms with Crippen molar-refractivity contribution in [2.45, 2.75) is 31.8 Å². The molecule has 0 saturated heterocycles. The second-order valence-corrected chi connectivity index (χ2v) is 5.34. The average molecular weight is 266 g/mol. The predicted molar refractivity (Wildman–Crippen MR) is 79.3 cm³/mol. The molecule has 0 radical (unpaired) electrons. The molecule has 20 heavy (non-hydrogen) atoms. The molecule has 1 aliphatic rings. The molecule has 2 heteroatoms. The molecule has 0 aliphatic heterocycles. The Morgan fingerprint density at radius 3 is 2.55 bits per heavy atom. The molecule has 2 nitrogen and oxygen atoms in total. The van der Waals surface area contributed by atoms with Crippen LogP contribution in [-0.2, 0) is 0 Å². The monoisotopic (exact) mass is 266 g/mol. The summed E-state index contributed by atoms with van der Waals surface area (Å²) in [4.78, 5) is 12.5. The summed E-state index contributed by atoms with van der Waals surface area (Å²) in [5, 5.41) is 0. The molecule has 1 atom stereocenters. The molecule has 1 aliphatic carbocycles. The van der Waals surface area contributed by atoms with E-state index in [-0.39, 0.29) is 11.7 Å². The third kappa shape index (κ3) is 2.90. The van der Waals surface area contributed by atoms with Gasteiger partial charge in [-0.1, -0.05) is 49.4 Å². The van der Waals surface area contributed by atoms with E-state index in [4.69, 9.17) is 4.74 Å². The van der Waals surface area contributed by atoms with E-state index in [1.165, 1.54) is 0 Å². The maximum absolute atomic E-state index is 12.5. The number of ether oxygens (including phenoxy) is 1. The van der Waals surface area contributed by atoms with Crippen molar-refractivity contribution in [1.82, 2.24) is 0 Å². The van der Waals surface area contributed by atoms with Crippen LogP contribution in [0.4, 0.5) is 0 Å². The van der Waals surface area contributed by atoms with E-state index in [0.717, 1.165) is 29.7 Å². The summed E-state index contributed by atoms with van der Waals surface area (Å²) in [5.41, 5.74) is 1.77. The highest BCUT2D eigenvalue weighted by Crippen LogP contribution is 2.28. The first-order chi connectivity index (χ1) is 9.74. The minimum Gasteiger partial charge on any atom is -0.490 e. The molecule has 1 unspecified atom stereocenters. The van der Waals surface area contributed by atoms with Crippen molar-refractivity contribution in [3.05, 3.63) is 65.7 Å². The molecule has 2 aromatic rings. The lowest BCUT2D eigenvalue weighted by Crippen LogP contribution is -2.10. The Morgan fingerprint density at radius 1 is 1.10 bits per heavy atom. The summed E-state index contributed by atoms with van der Waals surface area (Å²) in [5.74, 6) is 0.809. The number of hydrogen-bond donors (Lipinski definition) is 0. The maximum atomic E-state index is 12.5. The summed E-state index contributed by atoms with van der Waals surface area (Å²) < 4.78 is 5.75. The molecule has 3 rings (SSSR count). The van der Waals surface area contributed by atoms with Crippen molar-refractivity contribution in [3.8, 4) is 5.75 Å². The number of carbonyl (C=O) groups excluding carboxylic acids is 1. The van der Waals surface area contributed by atoms with Gasteiger partial charge in [0, 0.05) is 11.5 Å². The van der Waals surface area contributed by atoms with Crippen LogP contribution >= 0.6 is 0 Å². The Kier molecular flexibility index (Phi) is 3.55. The summed E-state index contributed by atoms with van der Waals surface area (Å²) in [6.07, 6.45) is 2.60. The largest absolute Gasteiger partial charge is 0.490 e. The SMILES string of the molecule is CC(C(=O)c1cccc(OC2CC2)c1)c1ccccc1. The van der Waals surface area contributed by atoms with Crippen LogP contribution in [0.2, 0.25) is 0 Å². The van der Waals surface area contributed by atoms with Crippen LogP contribution < -0.4 is 4.74 Å². The smallest absolute Gasteiger partial charge is 0.170 e. The Hall–Kier alpha value is -2.09. The van der Waals surface area contributed by atoms with E-state index in [9.17, 15) is 4.79 Å². The second kappa shape index (κ2) is 5.49. The molecule has 0 bridgehead atoms. The van der Waals surface area contributed by atoms with Crippen LogP contribution in [0.25, 0.3) is 0 Å². The van der Waals surface area contributed by atoms with Crippen LogP contribution in [0, 0.1) is 0 Å². The van der Waals surface area contributed by atoms with Crippen LogP contribution in [-0.4, -0.2) is 11.9 Å². The number of carbonyl (C=O) groups is 1. The number of ketones is 1. The number of rotatable bonds is 5. The zero-order valence-corrected chi connectivity index (χ0v) is 11.6. The van der Waals surface area contributed by atoms with Gasteiger partial charge in [0.2, 0.25) is 0 Å². The van der Waals surface area contributed by atoms with Crippen molar-refractivity contribution in [2.75, 3.05) is 0 Å². The molecule has 1 fully saturated rings. The molecule has 0 amide bonds. The van der Waals surface area contributed by atoms with E-state index >= 15 is 0 Å². The highest BCUT2D eigenvalue weighted by Gasteiger charge is 2.24. The molecule has 0 heterocycles. The maximum Gasteiger partial charge on any atom is 0.170 e. The van der Waals surface area contributed by atoms with Crippen molar-refractivity contribution in [3.63, 3.8) is 0 Å². The molecule has 2 aromatic carbocycles. The lowest BCUT2D eigenvalue weighted by molar-refractivity contribution is 0.0965. The normalized spacial score (nSPS) is 15.7. The third-order valence-corrected chi connectivity index (χ3v) is 3.64.